The summed E-state index contributed by atoms with van der Waals surface area (Å²) in [5, 5.41) is 97.9. The van der Waals surface area contributed by atoms with Gasteiger partial charge in [-0.05, 0) is 27.2 Å². The molecule has 0 amide bonds. The van der Waals surface area contributed by atoms with Crippen LogP contribution in [0.3, 0.4) is 0 Å². The van der Waals surface area contributed by atoms with E-state index in [1.54, 1.807) is 6.92 Å². The molecule has 0 unspecified atom stereocenters. The van der Waals surface area contributed by atoms with Crippen molar-refractivity contribution in [2.24, 2.45) is 10.8 Å². The minimum atomic E-state index is -0.981. The van der Waals surface area contributed by atoms with E-state index in [-0.39, 0.29) is 56.4 Å². The summed E-state index contributed by atoms with van der Waals surface area (Å²) in [5.74, 6) is -5.75. The van der Waals surface area contributed by atoms with Crippen LogP contribution in [0.1, 0.15) is 41.0 Å². The predicted octanol–water partition coefficient (Wildman–Crippen LogP) is 1.04. The maximum Gasteiger partial charge on any atom is 0.330 e. The van der Waals surface area contributed by atoms with Gasteiger partial charge in [0.25, 0.3) is 0 Å². The number of aliphatic carboxylic acids is 6. The summed E-state index contributed by atoms with van der Waals surface area (Å²) in [6.45, 7) is 25.1. The monoisotopic (exact) mass is 728 g/mol. The Hall–Kier alpha value is -4.98. The number of rotatable bonds is 13. The Morgan fingerprint density at radius 3 is 0.620 bits per heavy atom. The van der Waals surface area contributed by atoms with Crippen molar-refractivity contribution >= 4 is 35.8 Å². The van der Waals surface area contributed by atoms with Crippen molar-refractivity contribution in [2.45, 2.75) is 41.0 Å². The highest BCUT2D eigenvalue weighted by molar-refractivity contribution is 5.85. The Balaban J connectivity index is -0.0000000679. The van der Waals surface area contributed by atoms with E-state index in [1.165, 1.54) is 20.8 Å². The SMILES string of the molecule is C=C(C)C(=O)O.C=C(C)C(=O)O.C=C(C)C(=O)O.C=CC(=O)O.C=CC(=O)O.C=CC(=O)O.CC(CO)(CO)CO.CCC(CO)(CO)CO. The fourth-order valence-electron chi connectivity index (χ4n) is 0.635. The molecule has 0 atom stereocenters. The first kappa shape index (κ1) is 63.7. The maximum atomic E-state index is 9.60. The fourth-order valence-corrected chi connectivity index (χ4v) is 0.635. The van der Waals surface area contributed by atoms with E-state index in [0.717, 1.165) is 18.2 Å². The van der Waals surface area contributed by atoms with E-state index in [0.29, 0.717) is 6.42 Å². The largest absolute Gasteiger partial charge is 0.478 e. The van der Waals surface area contributed by atoms with Crippen molar-refractivity contribution in [3.8, 4) is 0 Å². The number of carbonyl (C=O) groups is 6. The molecule has 0 saturated carbocycles. The van der Waals surface area contributed by atoms with Crippen LogP contribution in [0.4, 0.5) is 0 Å². The summed E-state index contributed by atoms with van der Waals surface area (Å²) in [4.78, 5) is 56.5. The highest BCUT2D eigenvalue weighted by Crippen LogP contribution is 2.18. The molecule has 0 saturated heterocycles. The standard InChI is InChI=1S/C6H14O3.C5H12O3.3C4H6O2.3C3H4O2/c1-2-6(3-7,4-8)5-9;1-5(2-6,3-7)4-8;3*1-3(2)4(5)6;3*1-2-3(4)5/h7-9H,2-5H2,1H3;6-8H,2-4H2,1H3;3*1H2,2H3,(H,5,6);3*2H,1H2,(H,4,5). The van der Waals surface area contributed by atoms with Crippen molar-refractivity contribution in [2.75, 3.05) is 39.6 Å². The fraction of sp³-hybridized carbons (Fsp3) is 0.438. The molecule has 292 valence electrons. The minimum Gasteiger partial charge on any atom is -0.478 e. The average molecular weight is 729 g/mol. The van der Waals surface area contributed by atoms with Gasteiger partial charge in [-0.2, -0.15) is 0 Å². The molecule has 18 heteroatoms. The molecule has 18 nitrogen and oxygen atoms in total. The molecule has 0 aromatic rings. The normalized spacial score (nSPS) is 8.70. The number of carboxylic acid groups (broad SMARTS) is 6. The van der Waals surface area contributed by atoms with Crippen molar-refractivity contribution in [3.05, 3.63) is 74.4 Å². The summed E-state index contributed by atoms with van der Waals surface area (Å²) < 4.78 is 0. The average Bonchev–Trinajstić information content (AvgIpc) is 3.07. The minimum absolute atomic E-state index is 0.156. The van der Waals surface area contributed by atoms with Crippen LogP contribution < -0.4 is 0 Å². The van der Waals surface area contributed by atoms with Crippen molar-refractivity contribution in [1.29, 1.82) is 0 Å². The second-order valence-corrected chi connectivity index (χ2v) is 9.50. The zero-order valence-corrected chi connectivity index (χ0v) is 29.2. The van der Waals surface area contributed by atoms with Crippen molar-refractivity contribution in [1.82, 2.24) is 0 Å². The molecule has 50 heavy (non-hydrogen) atoms. The van der Waals surface area contributed by atoms with Gasteiger partial charge in [0.2, 0.25) is 0 Å². The number of carboxylic acids is 6. The molecule has 12 N–H and O–H groups in total. The molecule has 0 aromatic heterocycles. The second kappa shape index (κ2) is 42.0. The first-order valence-corrected chi connectivity index (χ1v) is 13.5. The van der Waals surface area contributed by atoms with E-state index < -0.39 is 46.6 Å². The number of aliphatic hydroxyl groups is 6. The first-order valence-electron chi connectivity index (χ1n) is 13.5. The number of aliphatic hydroxyl groups excluding tert-OH is 6. The van der Waals surface area contributed by atoms with Gasteiger partial charge in [0.05, 0.1) is 39.6 Å². The van der Waals surface area contributed by atoms with Crippen LogP contribution in [0.5, 0.6) is 0 Å². The predicted molar refractivity (Wildman–Crippen MR) is 184 cm³/mol. The molecule has 0 radical (unpaired) electrons. The summed E-state index contributed by atoms with van der Waals surface area (Å²) in [6.07, 6.45) is 3.09. The molecule has 0 aromatic carbocycles. The quantitative estimate of drug-likeness (QED) is 0.118. The van der Waals surface area contributed by atoms with Gasteiger partial charge >= 0.3 is 35.8 Å². The first-order chi connectivity index (χ1) is 22.7. The lowest BCUT2D eigenvalue weighted by Crippen LogP contribution is -2.32. The summed E-state index contributed by atoms with van der Waals surface area (Å²) >= 11 is 0. The number of hydrogen-bond donors (Lipinski definition) is 12. The number of hydrogen-bond acceptors (Lipinski definition) is 12. The molecule has 0 bridgehead atoms. The van der Waals surface area contributed by atoms with Gasteiger partial charge in [-0.25, -0.2) is 28.8 Å². The van der Waals surface area contributed by atoms with Crippen molar-refractivity contribution in [3.63, 3.8) is 0 Å². The molecule has 0 aliphatic heterocycles. The van der Waals surface area contributed by atoms with Gasteiger partial charge in [-0.1, -0.05) is 53.3 Å². The van der Waals surface area contributed by atoms with Gasteiger partial charge < -0.3 is 61.3 Å². The van der Waals surface area contributed by atoms with Gasteiger partial charge in [0.1, 0.15) is 0 Å². The Morgan fingerprint density at radius 1 is 0.480 bits per heavy atom. The van der Waals surface area contributed by atoms with Crippen LogP contribution in [-0.2, 0) is 28.8 Å². The van der Waals surface area contributed by atoms with E-state index in [4.69, 9.17) is 61.3 Å². The molecule has 0 fully saturated rings. The topological polar surface area (TPSA) is 345 Å². The molecular weight excluding hydrogens is 672 g/mol. The highest BCUT2D eigenvalue weighted by Gasteiger charge is 2.25. The summed E-state index contributed by atoms with van der Waals surface area (Å²) in [7, 11) is 0. The van der Waals surface area contributed by atoms with Crippen LogP contribution in [0.25, 0.3) is 0 Å². The van der Waals surface area contributed by atoms with E-state index in [9.17, 15) is 28.8 Å². The molecule has 0 aliphatic carbocycles. The summed E-state index contributed by atoms with van der Waals surface area (Å²) in [6, 6.07) is 0. The van der Waals surface area contributed by atoms with Crippen LogP contribution >= 0.6 is 0 Å². The Kier molecular flexibility index (Phi) is 53.5. The maximum absolute atomic E-state index is 9.60. The molecule has 0 rings (SSSR count). The smallest absolute Gasteiger partial charge is 0.330 e. The third kappa shape index (κ3) is 65.6. The highest BCUT2D eigenvalue weighted by atomic mass is 16.4. The lowest BCUT2D eigenvalue weighted by Gasteiger charge is -2.24. The van der Waals surface area contributed by atoms with Gasteiger partial charge in [0.15, 0.2) is 0 Å². The lowest BCUT2D eigenvalue weighted by molar-refractivity contribution is -0.133. The molecular formula is C32H56O18. The van der Waals surface area contributed by atoms with Crippen LogP contribution in [0, 0.1) is 10.8 Å². The zero-order valence-electron chi connectivity index (χ0n) is 29.2. The Morgan fingerprint density at radius 2 is 0.620 bits per heavy atom. The van der Waals surface area contributed by atoms with E-state index in [1.807, 2.05) is 6.92 Å². The third-order valence-electron chi connectivity index (χ3n) is 4.52. The second-order valence-electron chi connectivity index (χ2n) is 9.50. The molecule has 0 heterocycles. The third-order valence-corrected chi connectivity index (χ3v) is 4.52. The van der Waals surface area contributed by atoms with Crippen LogP contribution in [-0.4, -0.2) is 137 Å². The van der Waals surface area contributed by atoms with Gasteiger partial charge in [-0.15, -0.1) is 0 Å². The molecule has 0 spiro atoms. The van der Waals surface area contributed by atoms with E-state index in [2.05, 4.69) is 39.5 Å². The summed E-state index contributed by atoms with van der Waals surface area (Å²) in [5.41, 5.74) is -0.847. The van der Waals surface area contributed by atoms with Crippen LogP contribution in [0.2, 0.25) is 0 Å². The van der Waals surface area contributed by atoms with Gasteiger partial charge in [0, 0.05) is 45.8 Å². The van der Waals surface area contributed by atoms with E-state index >= 15 is 0 Å². The van der Waals surface area contributed by atoms with Gasteiger partial charge in [-0.3, -0.25) is 0 Å². The Labute approximate surface area is 291 Å². The van der Waals surface area contributed by atoms with Crippen LogP contribution in [0.15, 0.2) is 74.4 Å². The zero-order chi connectivity index (χ0) is 42.3. The van der Waals surface area contributed by atoms with Crippen molar-refractivity contribution < 1.29 is 90.0 Å². The lowest BCUT2D eigenvalue weighted by atomic mass is 9.88. The molecule has 0 aliphatic rings. The Bertz CT molecular complexity index is 874.